The second-order valence-electron chi connectivity index (χ2n) is 5.91. The van der Waals surface area contributed by atoms with Crippen molar-refractivity contribution in [3.05, 3.63) is 78.4 Å². The Labute approximate surface area is 160 Å². The molecule has 0 saturated carbocycles. The number of rotatable bonds is 5. The number of halogens is 3. The van der Waals surface area contributed by atoms with E-state index in [0.29, 0.717) is 11.3 Å². The number of ether oxygens (including phenoxy) is 1. The molecule has 0 unspecified atom stereocenters. The fourth-order valence-electron chi connectivity index (χ4n) is 2.65. The molecule has 0 fully saturated rings. The molecule has 4 nitrogen and oxygen atoms in total. The van der Waals surface area contributed by atoms with E-state index in [4.69, 9.17) is 4.74 Å². The van der Waals surface area contributed by atoms with Gasteiger partial charge in [0.25, 0.3) is 10.0 Å². The van der Waals surface area contributed by atoms with E-state index in [9.17, 15) is 21.6 Å². The summed E-state index contributed by atoms with van der Waals surface area (Å²) in [4.78, 5) is 0.00662. The minimum Gasteiger partial charge on any atom is -0.497 e. The number of nitrogens with one attached hydrogen (secondary N) is 1. The number of anilines is 1. The first-order valence-corrected chi connectivity index (χ1v) is 9.62. The highest BCUT2D eigenvalue weighted by atomic mass is 32.2. The van der Waals surface area contributed by atoms with Gasteiger partial charge in [-0.2, -0.15) is 13.2 Å². The van der Waals surface area contributed by atoms with Gasteiger partial charge in [-0.1, -0.05) is 30.3 Å². The SMILES string of the molecule is COc1ccc(S(=O)(=O)Nc2ccccc2-c2cccc(C(F)(F)F)c2)cc1. The van der Waals surface area contributed by atoms with E-state index in [1.54, 1.807) is 18.2 Å². The van der Waals surface area contributed by atoms with E-state index in [2.05, 4.69) is 4.72 Å². The summed E-state index contributed by atoms with van der Waals surface area (Å²) in [6.07, 6.45) is -4.49. The van der Waals surface area contributed by atoms with Gasteiger partial charge in [0, 0.05) is 5.56 Å². The van der Waals surface area contributed by atoms with Gasteiger partial charge in [0.1, 0.15) is 5.75 Å². The van der Waals surface area contributed by atoms with Crippen LogP contribution in [0.15, 0.2) is 77.7 Å². The van der Waals surface area contributed by atoms with E-state index in [1.165, 1.54) is 49.6 Å². The van der Waals surface area contributed by atoms with Crippen molar-refractivity contribution in [2.45, 2.75) is 11.1 Å². The van der Waals surface area contributed by atoms with Crippen LogP contribution in [-0.4, -0.2) is 15.5 Å². The lowest BCUT2D eigenvalue weighted by Gasteiger charge is -2.14. The minimum atomic E-state index is -4.49. The first-order valence-electron chi connectivity index (χ1n) is 8.14. The molecule has 0 radical (unpaired) electrons. The average Bonchev–Trinajstić information content (AvgIpc) is 2.67. The van der Waals surface area contributed by atoms with Crippen molar-refractivity contribution in [1.29, 1.82) is 0 Å². The van der Waals surface area contributed by atoms with Gasteiger partial charge in [-0.15, -0.1) is 0 Å². The smallest absolute Gasteiger partial charge is 0.416 e. The Bertz CT molecular complexity index is 1080. The van der Waals surface area contributed by atoms with Crippen molar-refractivity contribution in [2.24, 2.45) is 0 Å². The molecule has 1 N–H and O–H groups in total. The topological polar surface area (TPSA) is 55.4 Å². The molecule has 0 saturated heterocycles. The second-order valence-corrected chi connectivity index (χ2v) is 7.59. The van der Waals surface area contributed by atoms with Crippen LogP contribution >= 0.6 is 0 Å². The molecule has 146 valence electrons. The normalized spacial score (nSPS) is 11.9. The maximum atomic E-state index is 13.0. The summed E-state index contributed by atoms with van der Waals surface area (Å²) in [5.41, 5.74) is -0.0380. The van der Waals surface area contributed by atoms with E-state index in [1.807, 2.05) is 0 Å². The van der Waals surface area contributed by atoms with Crippen molar-refractivity contribution in [2.75, 3.05) is 11.8 Å². The Morgan fingerprint density at radius 3 is 2.21 bits per heavy atom. The van der Waals surface area contributed by atoms with Crippen LogP contribution in [0.1, 0.15) is 5.56 Å². The number of benzene rings is 3. The van der Waals surface area contributed by atoms with Crippen molar-refractivity contribution in [3.8, 4) is 16.9 Å². The standard InChI is InChI=1S/C20H16F3NO3S/c1-27-16-9-11-17(12-10-16)28(25,26)24-19-8-3-2-7-18(19)14-5-4-6-15(13-14)20(21,22)23/h2-13,24H,1H3. The third-order valence-corrected chi connectivity index (χ3v) is 5.42. The fraction of sp³-hybridized carbons (Fsp3) is 0.100. The molecule has 3 aromatic rings. The second kappa shape index (κ2) is 7.55. The molecule has 0 amide bonds. The zero-order valence-electron chi connectivity index (χ0n) is 14.7. The number of sulfonamides is 1. The van der Waals surface area contributed by atoms with Crippen molar-refractivity contribution >= 4 is 15.7 Å². The van der Waals surface area contributed by atoms with Gasteiger partial charge in [0.05, 0.1) is 23.3 Å². The Kier molecular flexibility index (Phi) is 5.33. The molecule has 0 aromatic heterocycles. The summed E-state index contributed by atoms with van der Waals surface area (Å²) in [6.45, 7) is 0. The summed E-state index contributed by atoms with van der Waals surface area (Å²) in [6, 6.07) is 16.8. The van der Waals surface area contributed by atoms with Crippen molar-refractivity contribution in [3.63, 3.8) is 0 Å². The molecule has 0 aliphatic heterocycles. The van der Waals surface area contributed by atoms with Gasteiger partial charge in [-0.25, -0.2) is 8.42 Å². The quantitative estimate of drug-likeness (QED) is 0.634. The van der Waals surface area contributed by atoms with Crippen LogP contribution in [0.5, 0.6) is 5.75 Å². The van der Waals surface area contributed by atoms with Crippen molar-refractivity contribution in [1.82, 2.24) is 0 Å². The lowest BCUT2D eigenvalue weighted by Crippen LogP contribution is -2.13. The van der Waals surface area contributed by atoms with Crippen LogP contribution in [0.3, 0.4) is 0 Å². The molecule has 8 heteroatoms. The molecular formula is C20H16F3NO3S. The van der Waals surface area contributed by atoms with Crippen LogP contribution in [0.4, 0.5) is 18.9 Å². The maximum Gasteiger partial charge on any atom is 0.416 e. The summed E-state index contributed by atoms with van der Waals surface area (Å²) < 4.78 is 71.9. The molecule has 0 spiro atoms. The molecule has 0 heterocycles. The number of hydrogen-bond acceptors (Lipinski definition) is 3. The fourth-order valence-corrected chi connectivity index (χ4v) is 3.73. The maximum absolute atomic E-state index is 13.0. The predicted molar refractivity (Wildman–Crippen MR) is 101 cm³/mol. The first kappa shape index (κ1) is 19.8. The molecule has 3 rings (SSSR count). The first-order chi connectivity index (χ1) is 13.2. The molecular weight excluding hydrogens is 391 g/mol. The highest BCUT2D eigenvalue weighted by Gasteiger charge is 2.30. The summed E-state index contributed by atoms with van der Waals surface area (Å²) >= 11 is 0. The molecule has 0 atom stereocenters. The van der Waals surface area contributed by atoms with E-state index in [0.717, 1.165) is 12.1 Å². The predicted octanol–water partition coefficient (Wildman–Crippen LogP) is 5.18. The number of hydrogen-bond donors (Lipinski definition) is 1. The molecule has 0 aliphatic carbocycles. The number of methoxy groups -OCH3 is 1. The summed E-state index contributed by atoms with van der Waals surface area (Å²) in [7, 11) is -2.47. The largest absolute Gasteiger partial charge is 0.497 e. The minimum absolute atomic E-state index is 0.00662. The lowest BCUT2D eigenvalue weighted by atomic mass is 10.0. The van der Waals surface area contributed by atoms with Crippen molar-refractivity contribution < 1.29 is 26.3 Å². The van der Waals surface area contributed by atoms with Crippen LogP contribution in [0.2, 0.25) is 0 Å². The van der Waals surface area contributed by atoms with Gasteiger partial charge in [0.15, 0.2) is 0 Å². The van der Waals surface area contributed by atoms with E-state index in [-0.39, 0.29) is 16.1 Å². The highest BCUT2D eigenvalue weighted by Crippen LogP contribution is 2.35. The van der Waals surface area contributed by atoms with E-state index >= 15 is 0 Å². The Balaban J connectivity index is 1.99. The Hall–Kier alpha value is -3.00. The summed E-state index contributed by atoms with van der Waals surface area (Å²) in [5.74, 6) is 0.503. The number of para-hydroxylation sites is 1. The summed E-state index contributed by atoms with van der Waals surface area (Å²) in [5, 5.41) is 0. The zero-order valence-corrected chi connectivity index (χ0v) is 15.5. The van der Waals surface area contributed by atoms with Crippen LogP contribution in [0.25, 0.3) is 11.1 Å². The highest BCUT2D eigenvalue weighted by molar-refractivity contribution is 7.92. The van der Waals surface area contributed by atoms with Crippen LogP contribution in [0, 0.1) is 0 Å². The van der Waals surface area contributed by atoms with Gasteiger partial charge >= 0.3 is 6.18 Å². The van der Waals surface area contributed by atoms with Gasteiger partial charge in [-0.3, -0.25) is 4.72 Å². The molecule has 0 aliphatic rings. The lowest BCUT2D eigenvalue weighted by molar-refractivity contribution is -0.137. The Morgan fingerprint density at radius 1 is 0.893 bits per heavy atom. The van der Waals surface area contributed by atoms with Gasteiger partial charge in [0.2, 0.25) is 0 Å². The van der Waals surface area contributed by atoms with Gasteiger partial charge < -0.3 is 4.74 Å². The molecule has 3 aromatic carbocycles. The van der Waals surface area contributed by atoms with E-state index < -0.39 is 21.8 Å². The number of alkyl halides is 3. The van der Waals surface area contributed by atoms with Gasteiger partial charge in [-0.05, 0) is 48.0 Å². The monoisotopic (exact) mass is 407 g/mol. The third-order valence-electron chi connectivity index (χ3n) is 4.04. The average molecular weight is 407 g/mol. The zero-order chi connectivity index (χ0) is 20.4. The third kappa shape index (κ3) is 4.28. The molecule has 28 heavy (non-hydrogen) atoms. The van der Waals surface area contributed by atoms with Crippen LogP contribution < -0.4 is 9.46 Å². The molecule has 0 bridgehead atoms. The van der Waals surface area contributed by atoms with Crippen LogP contribution in [-0.2, 0) is 16.2 Å². The Morgan fingerprint density at radius 2 is 1.57 bits per heavy atom.